The van der Waals surface area contributed by atoms with Crippen LogP contribution in [0.4, 0.5) is 0 Å². The Labute approximate surface area is 96.0 Å². The van der Waals surface area contributed by atoms with Crippen LogP contribution in [0, 0.1) is 23.2 Å². The normalized spacial score (nSPS) is 8.75. The average Bonchev–Trinajstić information content (AvgIpc) is 2.33. The highest BCUT2D eigenvalue weighted by Crippen LogP contribution is 2.12. The van der Waals surface area contributed by atoms with Crippen LogP contribution in [0.1, 0.15) is 12.5 Å². The molecule has 1 aromatic rings. The number of nitrogens with one attached hydrogen (secondary N) is 1. The molecule has 1 rings (SSSR count). The fourth-order valence-electron chi connectivity index (χ4n) is 1.22. The topological polar surface area (TPSA) is 45.0 Å². The van der Waals surface area contributed by atoms with Crippen molar-refractivity contribution in [2.24, 2.45) is 0 Å². The Kier molecular flexibility index (Phi) is 5.55. The summed E-state index contributed by atoms with van der Waals surface area (Å²) in [6.07, 6.45) is 0. The first-order chi connectivity index (χ1) is 7.86. The first kappa shape index (κ1) is 12.1. The van der Waals surface area contributed by atoms with Crippen LogP contribution in [-0.2, 0) is 6.54 Å². The monoisotopic (exact) mass is 214 g/mol. The molecule has 0 aliphatic carbocycles. The Morgan fingerprint density at radius 1 is 1.44 bits per heavy atom. The number of ether oxygens (including phenoxy) is 1. The summed E-state index contributed by atoms with van der Waals surface area (Å²) in [7, 11) is 0. The van der Waals surface area contributed by atoms with Gasteiger partial charge in [-0.2, -0.15) is 5.26 Å². The largest absolute Gasteiger partial charge is 0.479 e. The standard InChI is InChI=1S/C13H14N2O/c1-2-3-8-15-11-12-5-4-6-13(10-12)16-9-7-14/h4-6,10,15H,8-9,11H2,1H3. The van der Waals surface area contributed by atoms with Crippen molar-refractivity contribution in [2.45, 2.75) is 13.5 Å². The molecule has 0 atom stereocenters. The third-order valence-corrected chi connectivity index (χ3v) is 1.92. The van der Waals surface area contributed by atoms with Crippen molar-refractivity contribution in [3.05, 3.63) is 29.8 Å². The summed E-state index contributed by atoms with van der Waals surface area (Å²) in [5.74, 6) is 6.48. The van der Waals surface area contributed by atoms with Crippen molar-refractivity contribution >= 4 is 0 Å². The minimum absolute atomic E-state index is 0.0815. The Hall–Kier alpha value is -1.97. The van der Waals surface area contributed by atoms with Gasteiger partial charge in [0.2, 0.25) is 0 Å². The zero-order valence-electron chi connectivity index (χ0n) is 9.29. The molecular weight excluding hydrogens is 200 g/mol. The fourth-order valence-corrected chi connectivity index (χ4v) is 1.22. The molecule has 0 aliphatic rings. The third kappa shape index (κ3) is 4.50. The van der Waals surface area contributed by atoms with Crippen LogP contribution in [0.3, 0.4) is 0 Å². The molecule has 0 heterocycles. The number of hydrogen-bond acceptors (Lipinski definition) is 3. The van der Waals surface area contributed by atoms with E-state index in [-0.39, 0.29) is 6.61 Å². The smallest absolute Gasteiger partial charge is 0.174 e. The summed E-state index contributed by atoms with van der Waals surface area (Å²) >= 11 is 0. The van der Waals surface area contributed by atoms with Gasteiger partial charge in [-0.05, 0) is 24.6 Å². The maximum absolute atomic E-state index is 8.39. The van der Waals surface area contributed by atoms with E-state index < -0.39 is 0 Å². The zero-order valence-corrected chi connectivity index (χ0v) is 9.29. The van der Waals surface area contributed by atoms with Gasteiger partial charge in [0.1, 0.15) is 11.8 Å². The fraction of sp³-hybridized carbons (Fsp3) is 0.308. The zero-order chi connectivity index (χ0) is 11.6. The predicted octanol–water partition coefficient (Wildman–Crippen LogP) is 1.70. The second kappa shape index (κ2) is 7.34. The highest BCUT2D eigenvalue weighted by atomic mass is 16.5. The van der Waals surface area contributed by atoms with Crippen LogP contribution < -0.4 is 10.1 Å². The van der Waals surface area contributed by atoms with Crippen LogP contribution >= 0.6 is 0 Å². The SMILES string of the molecule is CC#CCNCc1cccc(OCC#N)c1. The van der Waals surface area contributed by atoms with E-state index in [4.69, 9.17) is 10.00 Å². The summed E-state index contributed by atoms with van der Waals surface area (Å²) in [4.78, 5) is 0. The Morgan fingerprint density at radius 2 is 2.31 bits per heavy atom. The molecule has 0 saturated carbocycles. The van der Waals surface area contributed by atoms with Gasteiger partial charge in [0.05, 0.1) is 6.54 Å². The molecule has 0 fully saturated rings. The quantitative estimate of drug-likeness (QED) is 0.599. The lowest BCUT2D eigenvalue weighted by molar-refractivity contribution is 0.367. The molecule has 0 unspecified atom stereocenters. The van der Waals surface area contributed by atoms with Crippen LogP contribution in [0.15, 0.2) is 24.3 Å². The second-order valence-electron chi connectivity index (χ2n) is 3.12. The van der Waals surface area contributed by atoms with E-state index in [1.807, 2.05) is 37.3 Å². The van der Waals surface area contributed by atoms with Gasteiger partial charge < -0.3 is 10.1 Å². The molecule has 0 radical (unpaired) electrons. The van der Waals surface area contributed by atoms with E-state index in [0.29, 0.717) is 6.54 Å². The number of nitrogens with zero attached hydrogens (tertiary/aromatic N) is 1. The van der Waals surface area contributed by atoms with Gasteiger partial charge in [-0.1, -0.05) is 18.1 Å². The first-order valence-electron chi connectivity index (χ1n) is 5.06. The Bertz CT molecular complexity index is 424. The van der Waals surface area contributed by atoms with Crippen LogP contribution in [0.5, 0.6) is 5.75 Å². The predicted molar refractivity (Wildman–Crippen MR) is 62.7 cm³/mol. The van der Waals surface area contributed by atoms with Crippen molar-refractivity contribution < 1.29 is 4.74 Å². The lowest BCUT2D eigenvalue weighted by atomic mass is 10.2. The molecule has 1 N–H and O–H groups in total. The molecule has 3 nitrogen and oxygen atoms in total. The van der Waals surface area contributed by atoms with E-state index in [1.54, 1.807) is 0 Å². The number of rotatable bonds is 5. The molecule has 0 bridgehead atoms. The van der Waals surface area contributed by atoms with E-state index >= 15 is 0 Å². The molecule has 0 spiro atoms. The van der Waals surface area contributed by atoms with Crippen molar-refractivity contribution in [3.63, 3.8) is 0 Å². The van der Waals surface area contributed by atoms with Gasteiger partial charge >= 0.3 is 0 Å². The number of hydrogen-bond donors (Lipinski definition) is 1. The van der Waals surface area contributed by atoms with Crippen molar-refractivity contribution in [2.75, 3.05) is 13.2 Å². The molecule has 0 amide bonds. The number of nitriles is 1. The first-order valence-corrected chi connectivity index (χ1v) is 5.06. The molecule has 82 valence electrons. The summed E-state index contributed by atoms with van der Waals surface area (Å²) in [5.41, 5.74) is 1.12. The Morgan fingerprint density at radius 3 is 3.06 bits per heavy atom. The molecule has 0 aliphatic heterocycles. The van der Waals surface area contributed by atoms with Crippen molar-refractivity contribution in [3.8, 4) is 23.7 Å². The minimum Gasteiger partial charge on any atom is -0.479 e. The lowest BCUT2D eigenvalue weighted by Gasteiger charge is -2.05. The van der Waals surface area contributed by atoms with Crippen molar-refractivity contribution in [1.82, 2.24) is 5.32 Å². The van der Waals surface area contributed by atoms with Gasteiger partial charge in [0, 0.05) is 6.54 Å². The van der Waals surface area contributed by atoms with Crippen molar-refractivity contribution in [1.29, 1.82) is 5.26 Å². The molecule has 0 aromatic heterocycles. The summed E-state index contributed by atoms with van der Waals surface area (Å²) in [6, 6.07) is 9.62. The highest BCUT2D eigenvalue weighted by molar-refractivity contribution is 5.28. The van der Waals surface area contributed by atoms with Crippen LogP contribution in [0.25, 0.3) is 0 Å². The highest BCUT2D eigenvalue weighted by Gasteiger charge is 1.95. The second-order valence-corrected chi connectivity index (χ2v) is 3.12. The van der Waals surface area contributed by atoms with E-state index in [9.17, 15) is 0 Å². The molecule has 16 heavy (non-hydrogen) atoms. The minimum atomic E-state index is 0.0815. The van der Waals surface area contributed by atoms with Crippen LogP contribution in [-0.4, -0.2) is 13.2 Å². The lowest BCUT2D eigenvalue weighted by Crippen LogP contribution is -2.13. The number of benzene rings is 1. The van der Waals surface area contributed by atoms with Gasteiger partial charge in [0.25, 0.3) is 0 Å². The van der Waals surface area contributed by atoms with Gasteiger partial charge in [0.15, 0.2) is 6.61 Å². The van der Waals surface area contributed by atoms with E-state index in [1.165, 1.54) is 0 Å². The summed E-state index contributed by atoms with van der Waals surface area (Å²) < 4.78 is 5.21. The summed E-state index contributed by atoms with van der Waals surface area (Å²) in [6.45, 7) is 3.33. The molecule has 0 saturated heterocycles. The van der Waals surface area contributed by atoms with Gasteiger partial charge in [-0.3, -0.25) is 0 Å². The third-order valence-electron chi connectivity index (χ3n) is 1.92. The van der Waals surface area contributed by atoms with E-state index in [0.717, 1.165) is 17.9 Å². The maximum Gasteiger partial charge on any atom is 0.174 e. The summed E-state index contributed by atoms with van der Waals surface area (Å²) in [5, 5.41) is 11.6. The van der Waals surface area contributed by atoms with E-state index in [2.05, 4.69) is 17.2 Å². The van der Waals surface area contributed by atoms with Crippen LogP contribution in [0.2, 0.25) is 0 Å². The molecule has 1 aromatic carbocycles. The molecule has 3 heteroatoms. The maximum atomic E-state index is 8.39. The molecular formula is C13H14N2O. The van der Waals surface area contributed by atoms with Gasteiger partial charge in [-0.15, -0.1) is 5.92 Å². The Balaban J connectivity index is 2.46. The average molecular weight is 214 g/mol. The van der Waals surface area contributed by atoms with Gasteiger partial charge in [-0.25, -0.2) is 0 Å².